The van der Waals surface area contributed by atoms with Crippen LogP contribution in [-0.2, 0) is 4.79 Å². The molecule has 1 amide bonds. The van der Waals surface area contributed by atoms with Crippen molar-refractivity contribution in [1.82, 2.24) is 0 Å². The highest BCUT2D eigenvalue weighted by atomic mass is 32.1. The molecule has 1 heterocycles. The number of nitrogens with one attached hydrogen (secondary N) is 1. The third kappa shape index (κ3) is 4.24. The topological polar surface area (TPSA) is 75.6 Å². The average molecular weight is 353 g/mol. The van der Waals surface area contributed by atoms with Gasteiger partial charge in [0.15, 0.2) is 6.61 Å². The Morgan fingerprint density at radius 2 is 1.76 bits per heavy atom. The molecule has 0 aliphatic rings. The van der Waals surface area contributed by atoms with E-state index >= 15 is 0 Å². The van der Waals surface area contributed by atoms with Crippen LogP contribution in [0.25, 0.3) is 11.1 Å². The summed E-state index contributed by atoms with van der Waals surface area (Å²) in [5.41, 5.74) is 2.40. The summed E-state index contributed by atoms with van der Waals surface area (Å²) >= 11 is 1.21. The van der Waals surface area contributed by atoms with Crippen LogP contribution in [0.5, 0.6) is 5.75 Å². The van der Waals surface area contributed by atoms with Crippen molar-refractivity contribution in [2.45, 2.75) is 0 Å². The first kappa shape index (κ1) is 16.7. The van der Waals surface area contributed by atoms with Gasteiger partial charge in [0.2, 0.25) is 0 Å². The molecule has 2 aromatic carbocycles. The van der Waals surface area contributed by atoms with Gasteiger partial charge < -0.3 is 15.2 Å². The van der Waals surface area contributed by atoms with Gasteiger partial charge >= 0.3 is 5.97 Å². The summed E-state index contributed by atoms with van der Waals surface area (Å²) in [5, 5.41) is 14.6. The van der Waals surface area contributed by atoms with E-state index in [9.17, 15) is 9.59 Å². The summed E-state index contributed by atoms with van der Waals surface area (Å²) in [4.78, 5) is 23.0. The van der Waals surface area contributed by atoms with Crippen LogP contribution in [0.4, 0.5) is 5.69 Å². The molecule has 0 unspecified atom stereocenters. The molecule has 3 rings (SSSR count). The van der Waals surface area contributed by atoms with Crippen LogP contribution in [0.15, 0.2) is 65.4 Å². The molecule has 126 valence electrons. The lowest BCUT2D eigenvalue weighted by Gasteiger charge is -2.09. The van der Waals surface area contributed by atoms with Crippen LogP contribution in [0, 0.1) is 0 Å². The molecule has 1 aromatic heterocycles. The molecule has 5 nitrogen and oxygen atoms in total. The number of carboxylic acid groups (broad SMARTS) is 1. The smallest absolute Gasteiger partial charge is 0.338 e. The number of amides is 1. The molecule has 2 N–H and O–H groups in total. The van der Waals surface area contributed by atoms with E-state index in [0.717, 1.165) is 11.1 Å². The maximum Gasteiger partial charge on any atom is 0.338 e. The molecule has 0 saturated heterocycles. The number of ether oxygens (including phenoxy) is 1. The second kappa shape index (κ2) is 7.63. The SMILES string of the molecule is O=C(COc1cccc(-c2ccccc2)c1)Nc1cscc1C(=O)O. The number of hydrogen-bond acceptors (Lipinski definition) is 4. The number of benzene rings is 2. The summed E-state index contributed by atoms with van der Waals surface area (Å²) in [6, 6.07) is 17.3. The fourth-order valence-corrected chi connectivity index (χ4v) is 3.04. The summed E-state index contributed by atoms with van der Waals surface area (Å²) in [6.45, 7) is -0.201. The van der Waals surface area contributed by atoms with E-state index in [4.69, 9.17) is 9.84 Å². The standard InChI is InChI=1S/C19H15NO4S/c21-18(20-17-12-25-11-16(17)19(22)23)10-24-15-8-4-7-14(9-15)13-5-2-1-3-6-13/h1-9,11-12H,10H2,(H,20,21)(H,22,23). The summed E-state index contributed by atoms with van der Waals surface area (Å²) in [5.74, 6) is -0.917. The van der Waals surface area contributed by atoms with Crippen molar-refractivity contribution in [3.63, 3.8) is 0 Å². The molecule has 0 aliphatic heterocycles. The molecule has 0 radical (unpaired) electrons. The van der Waals surface area contributed by atoms with Crippen molar-refractivity contribution >= 4 is 28.9 Å². The maximum absolute atomic E-state index is 12.0. The molecule has 3 aromatic rings. The lowest BCUT2D eigenvalue weighted by Crippen LogP contribution is -2.21. The van der Waals surface area contributed by atoms with Crippen molar-refractivity contribution in [3.8, 4) is 16.9 Å². The number of carbonyl (C=O) groups excluding carboxylic acids is 1. The van der Waals surface area contributed by atoms with E-state index < -0.39 is 11.9 Å². The zero-order valence-electron chi connectivity index (χ0n) is 13.1. The van der Waals surface area contributed by atoms with Gasteiger partial charge in [-0.05, 0) is 23.3 Å². The van der Waals surface area contributed by atoms with Crippen molar-refractivity contribution in [2.75, 3.05) is 11.9 Å². The van der Waals surface area contributed by atoms with Gasteiger partial charge in [0.05, 0.1) is 11.3 Å². The molecule has 6 heteroatoms. The van der Waals surface area contributed by atoms with E-state index in [1.807, 2.05) is 48.5 Å². The van der Waals surface area contributed by atoms with Gasteiger partial charge in [-0.1, -0.05) is 42.5 Å². The normalized spacial score (nSPS) is 10.2. The van der Waals surface area contributed by atoms with Crippen LogP contribution in [0.3, 0.4) is 0 Å². The minimum Gasteiger partial charge on any atom is -0.484 e. The summed E-state index contributed by atoms with van der Waals surface area (Å²) in [6.07, 6.45) is 0. The van der Waals surface area contributed by atoms with Crippen molar-refractivity contribution in [3.05, 3.63) is 70.9 Å². The summed E-state index contributed by atoms with van der Waals surface area (Å²) in [7, 11) is 0. The third-order valence-corrected chi connectivity index (χ3v) is 4.22. The molecule has 0 atom stereocenters. The second-order valence-corrected chi connectivity index (χ2v) is 5.98. The number of hydrogen-bond donors (Lipinski definition) is 2. The Morgan fingerprint density at radius 3 is 2.52 bits per heavy atom. The van der Waals surface area contributed by atoms with Gasteiger partial charge in [0, 0.05) is 10.8 Å². The Bertz CT molecular complexity index is 889. The van der Waals surface area contributed by atoms with Gasteiger partial charge in [-0.3, -0.25) is 4.79 Å². The number of aromatic carboxylic acids is 1. The monoisotopic (exact) mass is 353 g/mol. The van der Waals surface area contributed by atoms with Gasteiger partial charge in [-0.25, -0.2) is 4.79 Å². The second-order valence-electron chi connectivity index (χ2n) is 5.23. The Kier molecular flexibility index (Phi) is 5.11. The van der Waals surface area contributed by atoms with Gasteiger partial charge in [-0.15, -0.1) is 11.3 Å². The van der Waals surface area contributed by atoms with Crippen LogP contribution in [0.1, 0.15) is 10.4 Å². The number of thiophene rings is 1. The van der Waals surface area contributed by atoms with Gasteiger partial charge in [0.25, 0.3) is 5.91 Å². The number of carbonyl (C=O) groups is 2. The molecule has 0 fully saturated rings. The van der Waals surface area contributed by atoms with E-state index in [-0.39, 0.29) is 17.9 Å². The first-order valence-electron chi connectivity index (χ1n) is 7.51. The number of anilines is 1. The highest BCUT2D eigenvalue weighted by Crippen LogP contribution is 2.24. The summed E-state index contributed by atoms with van der Waals surface area (Å²) < 4.78 is 5.52. The number of rotatable bonds is 6. The lowest BCUT2D eigenvalue weighted by molar-refractivity contribution is -0.118. The Labute approximate surface area is 148 Å². The predicted molar refractivity (Wildman–Crippen MR) is 97.3 cm³/mol. The molecule has 0 saturated carbocycles. The van der Waals surface area contributed by atoms with Crippen molar-refractivity contribution in [2.24, 2.45) is 0 Å². The van der Waals surface area contributed by atoms with E-state index in [1.165, 1.54) is 16.7 Å². The Hall–Kier alpha value is -3.12. The molecule has 25 heavy (non-hydrogen) atoms. The molecule has 0 aliphatic carbocycles. The fraction of sp³-hybridized carbons (Fsp3) is 0.0526. The first-order valence-corrected chi connectivity index (χ1v) is 8.45. The Morgan fingerprint density at radius 1 is 1.00 bits per heavy atom. The maximum atomic E-state index is 12.0. The molecule has 0 spiro atoms. The van der Waals surface area contributed by atoms with E-state index in [0.29, 0.717) is 5.75 Å². The highest BCUT2D eigenvalue weighted by Gasteiger charge is 2.13. The van der Waals surface area contributed by atoms with Crippen LogP contribution < -0.4 is 10.1 Å². The zero-order valence-corrected chi connectivity index (χ0v) is 14.0. The molecular formula is C19H15NO4S. The molecule has 0 bridgehead atoms. The first-order chi connectivity index (χ1) is 12.1. The number of carboxylic acids is 1. The van der Waals surface area contributed by atoms with Crippen molar-refractivity contribution in [1.29, 1.82) is 0 Å². The van der Waals surface area contributed by atoms with E-state index in [2.05, 4.69) is 5.32 Å². The van der Waals surface area contributed by atoms with Gasteiger partial charge in [-0.2, -0.15) is 0 Å². The average Bonchev–Trinajstić information content (AvgIpc) is 3.09. The zero-order chi connectivity index (χ0) is 17.6. The quantitative estimate of drug-likeness (QED) is 0.699. The van der Waals surface area contributed by atoms with Gasteiger partial charge in [0.1, 0.15) is 5.75 Å². The lowest BCUT2D eigenvalue weighted by atomic mass is 10.1. The minimum atomic E-state index is -1.08. The largest absolute Gasteiger partial charge is 0.484 e. The highest BCUT2D eigenvalue weighted by molar-refractivity contribution is 7.08. The van der Waals surface area contributed by atoms with Crippen LogP contribution >= 0.6 is 11.3 Å². The van der Waals surface area contributed by atoms with E-state index in [1.54, 1.807) is 11.4 Å². The Balaban J connectivity index is 1.63. The fourth-order valence-electron chi connectivity index (χ4n) is 2.29. The van der Waals surface area contributed by atoms with Crippen LogP contribution in [-0.4, -0.2) is 23.6 Å². The minimum absolute atomic E-state index is 0.0735. The molecular weight excluding hydrogens is 338 g/mol. The van der Waals surface area contributed by atoms with Crippen LogP contribution in [0.2, 0.25) is 0 Å². The third-order valence-electron chi connectivity index (χ3n) is 3.48. The predicted octanol–water partition coefficient (Wildman–Crippen LogP) is 4.13. The van der Waals surface area contributed by atoms with Crippen molar-refractivity contribution < 1.29 is 19.4 Å².